The summed E-state index contributed by atoms with van der Waals surface area (Å²) < 4.78 is 0. The standard InChI is InChI=1S/C6H9N3/c1-4-8-5-2-7-3-6(5)9-4/h7H,2-3H2,1H3,(H,8,9). The third-order valence-corrected chi connectivity index (χ3v) is 1.58. The fourth-order valence-electron chi connectivity index (χ4n) is 1.19. The molecule has 0 radical (unpaired) electrons. The normalized spacial score (nSPS) is 16.1. The zero-order valence-corrected chi connectivity index (χ0v) is 5.36. The zero-order valence-electron chi connectivity index (χ0n) is 5.36. The van der Waals surface area contributed by atoms with Crippen LogP contribution in [0.1, 0.15) is 17.2 Å². The number of nitrogens with one attached hydrogen (secondary N) is 2. The minimum Gasteiger partial charge on any atom is -0.345 e. The second kappa shape index (κ2) is 1.57. The van der Waals surface area contributed by atoms with Gasteiger partial charge < -0.3 is 10.3 Å². The molecule has 3 nitrogen and oxygen atoms in total. The summed E-state index contributed by atoms with van der Waals surface area (Å²) in [6.07, 6.45) is 0. The lowest BCUT2D eigenvalue weighted by Crippen LogP contribution is -2.02. The van der Waals surface area contributed by atoms with Gasteiger partial charge in [-0.25, -0.2) is 4.98 Å². The average Bonchev–Trinajstić information content (AvgIpc) is 2.22. The number of imidazole rings is 1. The third-order valence-electron chi connectivity index (χ3n) is 1.58. The van der Waals surface area contributed by atoms with Crippen LogP contribution in [0, 0.1) is 6.92 Å². The first-order valence-electron chi connectivity index (χ1n) is 3.11. The van der Waals surface area contributed by atoms with Crippen LogP contribution in [-0.2, 0) is 13.1 Å². The summed E-state index contributed by atoms with van der Waals surface area (Å²) in [5, 5.41) is 3.20. The molecule has 0 spiro atoms. The van der Waals surface area contributed by atoms with E-state index >= 15 is 0 Å². The number of aryl methyl sites for hydroxylation is 1. The maximum absolute atomic E-state index is 4.27. The Bertz CT molecular complexity index is 205. The molecular formula is C6H9N3. The SMILES string of the molecule is Cc1nc2c([nH]1)CNC2. The van der Waals surface area contributed by atoms with Gasteiger partial charge in [-0.1, -0.05) is 0 Å². The number of hydrogen-bond donors (Lipinski definition) is 2. The van der Waals surface area contributed by atoms with Crippen molar-refractivity contribution in [1.29, 1.82) is 0 Å². The highest BCUT2D eigenvalue weighted by atomic mass is 15.0. The summed E-state index contributed by atoms with van der Waals surface area (Å²) in [7, 11) is 0. The number of rotatable bonds is 0. The molecule has 0 aliphatic carbocycles. The van der Waals surface area contributed by atoms with E-state index in [4.69, 9.17) is 0 Å². The molecule has 9 heavy (non-hydrogen) atoms. The van der Waals surface area contributed by atoms with Crippen LogP contribution in [0.5, 0.6) is 0 Å². The Morgan fingerprint density at radius 1 is 1.44 bits per heavy atom. The highest BCUT2D eigenvalue weighted by Gasteiger charge is 2.12. The first-order valence-corrected chi connectivity index (χ1v) is 3.11. The molecule has 0 saturated heterocycles. The molecule has 1 aromatic rings. The van der Waals surface area contributed by atoms with E-state index in [2.05, 4.69) is 15.3 Å². The molecule has 1 aromatic heterocycles. The first kappa shape index (κ1) is 4.99. The molecule has 2 N–H and O–H groups in total. The number of hydrogen-bond acceptors (Lipinski definition) is 2. The summed E-state index contributed by atoms with van der Waals surface area (Å²) in [6, 6.07) is 0. The fraction of sp³-hybridized carbons (Fsp3) is 0.500. The maximum atomic E-state index is 4.27. The minimum atomic E-state index is 0.930. The second-order valence-corrected chi connectivity index (χ2v) is 2.35. The number of nitrogens with zero attached hydrogens (tertiary/aromatic N) is 1. The van der Waals surface area contributed by atoms with Crippen molar-refractivity contribution in [2.45, 2.75) is 20.0 Å². The summed E-state index contributed by atoms with van der Waals surface area (Å²) in [4.78, 5) is 7.46. The Balaban J connectivity index is 2.51. The number of H-pyrrole nitrogens is 1. The van der Waals surface area contributed by atoms with Gasteiger partial charge in [-0.2, -0.15) is 0 Å². The number of fused-ring (bicyclic) bond motifs is 1. The van der Waals surface area contributed by atoms with Crippen molar-refractivity contribution in [1.82, 2.24) is 15.3 Å². The topological polar surface area (TPSA) is 40.7 Å². The van der Waals surface area contributed by atoms with E-state index in [0.717, 1.165) is 18.9 Å². The fourth-order valence-corrected chi connectivity index (χ4v) is 1.19. The van der Waals surface area contributed by atoms with Gasteiger partial charge in [0.1, 0.15) is 5.82 Å². The lowest BCUT2D eigenvalue weighted by Gasteiger charge is -1.86. The van der Waals surface area contributed by atoms with Crippen molar-refractivity contribution >= 4 is 0 Å². The van der Waals surface area contributed by atoms with Crippen LogP contribution in [-0.4, -0.2) is 9.97 Å². The van der Waals surface area contributed by atoms with Crippen LogP contribution < -0.4 is 5.32 Å². The first-order chi connectivity index (χ1) is 4.36. The molecule has 0 amide bonds. The monoisotopic (exact) mass is 123 g/mol. The molecule has 0 atom stereocenters. The van der Waals surface area contributed by atoms with E-state index in [-0.39, 0.29) is 0 Å². The predicted molar refractivity (Wildman–Crippen MR) is 33.9 cm³/mol. The van der Waals surface area contributed by atoms with Crippen molar-refractivity contribution in [2.24, 2.45) is 0 Å². The molecule has 0 saturated carbocycles. The Morgan fingerprint density at radius 2 is 2.33 bits per heavy atom. The van der Waals surface area contributed by atoms with E-state index in [1.165, 1.54) is 11.4 Å². The highest BCUT2D eigenvalue weighted by Crippen LogP contribution is 2.10. The number of aromatic nitrogens is 2. The van der Waals surface area contributed by atoms with Crippen molar-refractivity contribution in [2.75, 3.05) is 0 Å². The van der Waals surface area contributed by atoms with Crippen molar-refractivity contribution in [3.8, 4) is 0 Å². The van der Waals surface area contributed by atoms with Crippen LogP contribution in [0.2, 0.25) is 0 Å². The van der Waals surface area contributed by atoms with E-state index < -0.39 is 0 Å². The van der Waals surface area contributed by atoms with Crippen LogP contribution in [0.25, 0.3) is 0 Å². The molecular weight excluding hydrogens is 114 g/mol. The molecule has 1 aliphatic rings. The molecule has 48 valence electrons. The molecule has 2 heterocycles. The predicted octanol–water partition coefficient (Wildman–Crippen LogP) is 0.321. The largest absolute Gasteiger partial charge is 0.345 e. The van der Waals surface area contributed by atoms with Crippen LogP contribution in [0.4, 0.5) is 0 Å². The Labute approximate surface area is 53.5 Å². The lowest BCUT2D eigenvalue weighted by atomic mass is 10.4. The van der Waals surface area contributed by atoms with E-state index in [1.807, 2.05) is 6.92 Å². The van der Waals surface area contributed by atoms with Gasteiger partial charge >= 0.3 is 0 Å². The van der Waals surface area contributed by atoms with Gasteiger partial charge in [-0.05, 0) is 6.92 Å². The van der Waals surface area contributed by atoms with Gasteiger partial charge in [0.05, 0.1) is 11.4 Å². The summed E-state index contributed by atoms with van der Waals surface area (Å²) in [6.45, 7) is 3.87. The minimum absolute atomic E-state index is 0.930. The van der Waals surface area contributed by atoms with E-state index in [0.29, 0.717) is 0 Å². The summed E-state index contributed by atoms with van der Waals surface area (Å²) in [5.74, 6) is 1.03. The Hall–Kier alpha value is -0.830. The summed E-state index contributed by atoms with van der Waals surface area (Å²) >= 11 is 0. The van der Waals surface area contributed by atoms with Gasteiger partial charge in [-0.15, -0.1) is 0 Å². The van der Waals surface area contributed by atoms with Crippen LogP contribution in [0.3, 0.4) is 0 Å². The van der Waals surface area contributed by atoms with E-state index in [9.17, 15) is 0 Å². The van der Waals surface area contributed by atoms with Crippen molar-refractivity contribution in [3.05, 3.63) is 17.2 Å². The zero-order chi connectivity index (χ0) is 6.27. The van der Waals surface area contributed by atoms with Gasteiger partial charge in [0, 0.05) is 13.1 Å². The Kier molecular flexibility index (Phi) is 0.873. The van der Waals surface area contributed by atoms with E-state index in [1.54, 1.807) is 0 Å². The number of aromatic amines is 1. The van der Waals surface area contributed by atoms with Gasteiger partial charge in [-0.3, -0.25) is 0 Å². The molecule has 1 aliphatic heterocycles. The molecule has 0 bridgehead atoms. The molecule has 0 unspecified atom stereocenters. The third kappa shape index (κ3) is 0.650. The smallest absolute Gasteiger partial charge is 0.103 e. The Morgan fingerprint density at radius 3 is 3.11 bits per heavy atom. The maximum Gasteiger partial charge on any atom is 0.103 e. The highest BCUT2D eigenvalue weighted by molar-refractivity contribution is 5.17. The van der Waals surface area contributed by atoms with Gasteiger partial charge in [0.15, 0.2) is 0 Å². The average molecular weight is 123 g/mol. The van der Waals surface area contributed by atoms with Crippen molar-refractivity contribution < 1.29 is 0 Å². The molecule has 3 heteroatoms. The lowest BCUT2D eigenvalue weighted by molar-refractivity contribution is 0.739. The van der Waals surface area contributed by atoms with Crippen molar-refractivity contribution in [3.63, 3.8) is 0 Å². The molecule has 0 fully saturated rings. The second-order valence-electron chi connectivity index (χ2n) is 2.35. The summed E-state index contributed by atoms with van der Waals surface area (Å²) in [5.41, 5.74) is 2.44. The van der Waals surface area contributed by atoms with Crippen LogP contribution in [0.15, 0.2) is 0 Å². The van der Waals surface area contributed by atoms with Gasteiger partial charge in [0.2, 0.25) is 0 Å². The van der Waals surface area contributed by atoms with Gasteiger partial charge in [0.25, 0.3) is 0 Å². The van der Waals surface area contributed by atoms with Crippen LogP contribution >= 0.6 is 0 Å². The molecule has 2 rings (SSSR count). The molecule has 0 aromatic carbocycles. The quantitative estimate of drug-likeness (QED) is 0.521.